The maximum absolute atomic E-state index is 12.4. The lowest BCUT2D eigenvalue weighted by Gasteiger charge is -2.38. The third-order valence-electron chi connectivity index (χ3n) is 4.64. The third-order valence-corrected chi connectivity index (χ3v) is 4.64. The van der Waals surface area contributed by atoms with Gasteiger partial charge in [0.25, 0.3) is 5.91 Å². The number of ether oxygens (including phenoxy) is 1. The molecule has 0 unspecified atom stereocenters. The molecule has 7 nitrogen and oxygen atoms in total. The fourth-order valence-electron chi connectivity index (χ4n) is 2.83. The summed E-state index contributed by atoms with van der Waals surface area (Å²) in [7, 11) is 0. The second-order valence-electron chi connectivity index (χ2n) is 6.70. The molecular formula is C18H19N5O2. The molecule has 1 aromatic heterocycles. The Hall–Kier alpha value is -2.72. The van der Waals surface area contributed by atoms with Crippen LogP contribution in [-0.4, -0.2) is 45.5 Å². The van der Waals surface area contributed by atoms with E-state index < -0.39 is 0 Å². The van der Waals surface area contributed by atoms with E-state index in [0.29, 0.717) is 30.8 Å². The van der Waals surface area contributed by atoms with E-state index in [2.05, 4.69) is 16.4 Å². The average Bonchev–Trinajstić information content (AvgIpc) is 3.31. The normalized spacial score (nSPS) is 17.2. The highest BCUT2D eigenvalue weighted by Crippen LogP contribution is 2.29. The summed E-state index contributed by atoms with van der Waals surface area (Å²) in [6, 6.07) is 8.92. The van der Waals surface area contributed by atoms with Crippen LogP contribution in [0.1, 0.15) is 40.5 Å². The van der Waals surface area contributed by atoms with Gasteiger partial charge in [0.05, 0.1) is 30.5 Å². The molecule has 1 amide bonds. The lowest BCUT2D eigenvalue weighted by molar-refractivity contribution is 0.0498. The summed E-state index contributed by atoms with van der Waals surface area (Å²) in [6.45, 7) is 2.54. The Morgan fingerprint density at radius 2 is 2.04 bits per heavy atom. The van der Waals surface area contributed by atoms with Gasteiger partial charge in [-0.3, -0.25) is 4.79 Å². The minimum Gasteiger partial charge on any atom is -0.375 e. The highest BCUT2D eigenvalue weighted by atomic mass is 16.5. The molecule has 0 radical (unpaired) electrons. The van der Waals surface area contributed by atoms with Crippen molar-refractivity contribution in [1.29, 1.82) is 5.26 Å². The van der Waals surface area contributed by atoms with Crippen molar-refractivity contribution in [2.75, 3.05) is 19.7 Å². The molecule has 1 saturated carbocycles. The first-order valence-electron chi connectivity index (χ1n) is 8.51. The fraction of sp³-hybridized carbons (Fsp3) is 0.444. The van der Waals surface area contributed by atoms with E-state index in [1.54, 1.807) is 29.2 Å². The lowest BCUT2D eigenvalue weighted by atomic mass is 10.1. The number of benzene rings is 1. The zero-order valence-corrected chi connectivity index (χ0v) is 13.8. The highest BCUT2D eigenvalue weighted by molar-refractivity contribution is 5.94. The molecule has 1 aliphatic carbocycles. The summed E-state index contributed by atoms with van der Waals surface area (Å²) in [5.74, 6) is 0.720. The van der Waals surface area contributed by atoms with Gasteiger partial charge in [-0.15, -0.1) is 5.10 Å². The number of amides is 1. The van der Waals surface area contributed by atoms with Crippen molar-refractivity contribution in [3.63, 3.8) is 0 Å². The Morgan fingerprint density at radius 3 is 2.72 bits per heavy atom. The Labute approximate surface area is 145 Å². The van der Waals surface area contributed by atoms with Crippen molar-refractivity contribution in [2.45, 2.75) is 25.5 Å². The van der Waals surface area contributed by atoms with Crippen LogP contribution in [0.3, 0.4) is 0 Å². The van der Waals surface area contributed by atoms with Crippen molar-refractivity contribution in [1.82, 2.24) is 19.9 Å². The Bertz CT molecular complexity index is 798. The van der Waals surface area contributed by atoms with Crippen LogP contribution in [0.2, 0.25) is 0 Å². The van der Waals surface area contributed by atoms with Crippen molar-refractivity contribution in [2.24, 2.45) is 5.92 Å². The van der Waals surface area contributed by atoms with Crippen LogP contribution in [0, 0.1) is 17.2 Å². The molecule has 1 saturated heterocycles. The van der Waals surface area contributed by atoms with Gasteiger partial charge in [0.15, 0.2) is 0 Å². The van der Waals surface area contributed by atoms with E-state index in [0.717, 1.165) is 18.2 Å². The predicted octanol–water partition coefficient (Wildman–Crippen LogP) is 1.77. The quantitative estimate of drug-likeness (QED) is 0.802. The van der Waals surface area contributed by atoms with Crippen LogP contribution in [0.4, 0.5) is 0 Å². The van der Waals surface area contributed by atoms with Crippen LogP contribution in [0.25, 0.3) is 0 Å². The maximum atomic E-state index is 12.4. The monoisotopic (exact) mass is 337 g/mol. The highest BCUT2D eigenvalue weighted by Gasteiger charge is 2.33. The van der Waals surface area contributed by atoms with Crippen molar-refractivity contribution in [3.8, 4) is 6.07 Å². The first-order chi connectivity index (χ1) is 12.2. The Kier molecular flexibility index (Phi) is 4.20. The number of likely N-dealkylation sites (tertiary alicyclic amines) is 1. The molecule has 2 aromatic rings. The third kappa shape index (κ3) is 3.54. The van der Waals surface area contributed by atoms with Gasteiger partial charge in [-0.05, 0) is 43.0 Å². The number of hydrogen-bond donors (Lipinski definition) is 0. The Balaban J connectivity index is 1.28. The van der Waals surface area contributed by atoms with Crippen LogP contribution in [-0.2, 0) is 11.3 Å². The summed E-state index contributed by atoms with van der Waals surface area (Å²) in [5.41, 5.74) is 1.99. The number of hydrogen-bond acceptors (Lipinski definition) is 5. The van der Waals surface area contributed by atoms with Crippen molar-refractivity contribution < 1.29 is 9.53 Å². The fourth-order valence-corrected chi connectivity index (χ4v) is 2.83. The number of carbonyl (C=O) groups is 1. The summed E-state index contributed by atoms with van der Waals surface area (Å²) < 4.78 is 7.44. The standard InChI is InChI=1S/C18H19N5O2/c19-7-13-3-5-15(6-4-13)18(24)22-9-17(10-22)23-8-16(20-21-23)12-25-11-14-1-2-14/h3-6,8,14,17H,1-2,9-12H2. The second kappa shape index (κ2) is 6.65. The first kappa shape index (κ1) is 15.8. The summed E-state index contributed by atoms with van der Waals surface area (Å²) >= 11 is 0. The van der Waals surface area contributed by atoms with Gasteiger partial charge in [-0.1, -0.05) is 5.21 Å². The zero-order valence-electron chi connectivity index (χ0n) is 13.8. The molecule has 0 N–H and O–H groups in total. The Morgan fingerprint density at radius 1 is 1.28 bits per heavy atom. The second-order valence-corrected chi connectivity index (χ2v) is 6.70. The molecular weight excluding hydrogens is 318 g/mol. The van der Waals surface area contributed by atoms with Crippen LogP contribution < -0.4 is 0 Å². The first-order valence-corrected chi connectivity index (χ1v) is 8.51. The molecule has 0 atom stereocenters. The molecule has 0 bridgehead atoms. The van der Waals surface area contributed by atoms with E-state index in [1.807, 2.05) is 10.9 Å². The van der Waals surface area contributed by atoms with E-state index in [9.17, 15) is 4.79 Å². The smallest absolute Gasteiger partial charge is 0.254 e. The van der Waals surface area contributed by atoms with Crippen molar-refractivity contribution in [3.05, 3.63) is 47.3 Å². The van der Waals surface area contributed by atoms with Crippen LogP contribution >= 0.6 is 0 Å². The van der Waals surface area contributed by atoms with Gasteiger partial charge in [0.1, 0.15) is 5.69 Å². The van der Waals surface area contributed by atoms with Gasteiger partial charge in [0.2, 0.25) is 0 Å². The number of carbonyl (C=O) groups excluding carboxylic acids is 1. The minimum atomic E-state index is -0.0196. The summed E-state index contributed by atoms with van der Waals surface area (Å²) in [4.78, 5) is 14.2. The van der Waals surface area contributed by atoms with Crippen molar-refractivity contribution >= 4 is 5.91 Å². The van der Waals surface area contributed by atoms with Gasteiger partial charge in [-0.25, -0.2) is 4.68 Å². The minimum absolute atomic E-state index is 0.0196. The molecule has 2 fully saturated rings. The molecule has 2 aliphatic rings. The van der Waals surface area contributed by atoms with E-state index in [1.165, 1.54) is 12.8 Å². The van der Waals surface area contributed by atoms with Gasteiger partial charge >= 0.3 is 0 Å². The topological polar surface area (TPSA) is 84.0 Å². The molecule has 1 aliphatic heterocycles. The lowest BCUT2D eigenvalue weighted by Crippen LogP contribution is -2.50. The SMILES string of the molecule is N#Cc1ccc(C(=O)N2CC(n3cc(COCC4CC4)nn3)C2)cc1. The van der Waals surface area contributed by atoms with Crippen LogP contribution in [0.5, 0.6) is 0 Å². The number of rotatable bonds is 6. The molecule has 25 heavy (non-hydrogen) atoms. The van der Waals surface area contributed by atoms with Gasteiger partial charge < -0.3 is 9.64 Å². The molecule has 1 aromatic carbocycles. The summed E-state index contributed by atoms with van der Waals surface area (Å²) in [5, 5.41) is 17.1. The van der Waals surface area contributed by atoms with E-state index in [4.69, 9.17) is 10.00 Å². The maximum Gasteiger partial charge on any atom is 0.254 e. The average molecular weight is 337 g/mol. The zero-order chi connectivity index (χ0) is 17.2. The number of aromatic nitrogens is 3. The molecule has 0 spiro atoms. The predicted molar refractivity (Wildman–Crippen MR) is 88.5 cm³/mol. The molecule has 4 rings (SSSR count). The van der Waals surface area contributed by atoms with E-state index in [-0.39, 0.29) is 11.9 Å². The molecule has 2 heterocycles. The summed E-state index contributed by atoms with van der Waals surface area (Å²) in [6.07, 6.45) is 4.46. The molecule has 7 heteroatoms. The van der Waals surface area contributed by atoms with Crippen LogP contribution in [0.15, 0.2) is 30.5 Å². The number of nitrogens with zero attached hydrogens (tertiary/aromatic N) is 5. The van der Waals surface area contributed by atoms with Gasteiger partial charge in [0, 0.05) is 25.3 Å². The largest absolute Gasteiger partial charge is 0.375 e. The number of nitriles is 1. The van der Waals surface area contributed by atoms with E-state index >= 15 is 0 Å². The molecule has 128 valence electrons. The van der Waals surface area contributed by atoms with Gasteiger partial charge in [-0.2, -0.15) is 5.26 Å².